The van der Waals surface area contributed by atoms with Crippen molar-refractivity contribution in [2.24, 2.45) is 5.41 Å². The van der Waals surface area contributed by atoms with Crippen molar-refractivity contribution in [2.75, 3.05) is 7.11 Å². The molecule has 0 fully saturated rings. The summed E-state index contributed by atoms with van der Waals surface area (Å²) >= 11 is 0. The quantitative estimate of drug-likeness (QED) is 0.835. The van der Waals surface area contributed by atoms with Crippen LogP contribution in [0.15, 0.2) is 18.2 Å². The summed E-state index contributed by atoms with van der Waals surface area (Å²) in [6, 6.07) is 6.67. The minimum Gasteiger partial charge on any atom is -0.488 e. The number of hydroxylamine groups is 1. The van der Waals surface area contributed by atoms with Gasteiger partial charge in [0.25, 0.3) is 0 Å². The predicted molar refractivity (Wildman–Crippen MR) is 86.5 cm³/mol. The van der Waals surface area contributed by atoms with Gasteiger partial charge in [-0.3, -0.25) is 0 Å². The molecule has 0 radical (unpaired) electrons. The lowest BCUT2D eigenvalue weighted by molar-refractivity contribution is 0.0339. The Morgan fingerprint density at radius 2 is 1.86 bits per heavy atom. The van der Waals surface area contributed by atoms with Crippen molar-refractivity contribution < 1.29 is 9.57 Å². The van der Waals surface area contributed by atoms with Crippen molar-refractivity contribution >= 4 is 0 Å². The van der Waals surface area contributed by atoms with Crippen molar-refractivity contribution in [1.82, 2.24) is 5.48 Å². The van der Waals surface area contributed by atoms with E-state index in [0.29, 0.717) is 5.41 Å². The number of hydrogen-bond donors (Lipinski definition) is 1. The van der Waals surface area contributed by atoms with E-state index in [9.17, 15) is 0 Å². The van der Waals surface area contributed by atoms with Gasteiger partial charge in [0, 0.05) is 5.56 Å². The minimum atomic E-state index is 0.0842. The van der Waals surface area contributed by atoms with Crippen LogP contribution in [0.4, 0.5) is 0 Å². The maximum atomic E-state index is 5.90. The Bertz CT molecular complexity index is 502. The summed E-state index contributed by atoms with van der Waals surface area (Å²) in [5.41, 5.74) is 6.05. The van der Waals surface area contributed by atoms with Gasteiger partial charge in [0.1, 0.15) is 11.9 Å². The molecule has 1 aromatic carbocycles. The van der Waals surface area contributed by atoms with E-state index >= 15 is 0 Å². The molecule has 3 nitrogen and oxygen atoms in total. The highest BCUT2D eigenvalue weighted by Gasteiger charge is 2.34. The van der Waals surface area contributed by atoms with Gasteiger partial charge >= 0.3 is 0 Å². The molecule has 0 saturated carbocycles. The van der Waals surface area contributed by atoms with Crippen molar-refractivity contribution in [3.05, 3.63) is 29.3 Å². The molecule has 1 N–H and O–H groups in total. The Morgan fingerprint density at radius 3 is 2.43 bits per heavy atom. The van der Waals surface area contributed by atoms with E-state index in [0.717, 1.165) is 12.2 Å². The Morgan fingerprint density at radius 1 is 1.19 bits per heavy atom. The zero-order valence-corrected chi connectivity index (χ0v) is 14.4. The van der Waals surface area contributed by atoms with Gasteiger partial charge in [0.05, 0.1) is 13.2 Å². The van der Waals surface area contributed by atoms with Gasteiger partial charge in [-0.25, -0.2) is 0 Å². The molecular weight excluding hydrogens is 262 g/mol. The molecule has 1 heterocycles. The molecule has 0 aliphatic carbocycles. The van der Waals surface area contributed by atoms with Crippen molar-refractivity contribution in [3.63, 3.8) is 0 Å². The second-order valence-corrected chi connectivity index (χ2v) is 8.00. The van der Waals surface area contributed by atoms with Crippen LogP contribution in [0.5, 0.6) is 5.75 Å². The predicted octanol–water partition coefficient (Wildman–Crippen LogP) is 4.37. The Labute approximate surface area is 129 Å². The molecule has 118 valence electrons. The van der Waals surface area contributed by atoms with E-state index in [2.05, 4.69) is 65.2 Å². The summed E-state index contributed by atoms with van der Waals surface area (Å²) in [6.07, 6.45) is 1.22. The summed E-state index contributed by atoms with van der Waals surface area (Å²) in [7, 11) is 1.65. The van der Waals surface area contributed by atoms with E-state index in [1.54, 1.807) is 7.11 Å². The molecule has 0 amide bonds. The molecule has 0 bridgehead atoms. The summed E-state index contributed by atoms with van der Waals surface area (Å²) in [5.74, 6) is 0.965. The standard InChI is InChI=1S/C18H29NO2/c1-12-16(19-20-7)14-10-13(8-9-15(14)21-12)18(5,6)11-17(2,3)4/h8-10,12,16,19H,11H2,1-7H3. The third kappa shape index (κ3) is 3.58. The SMILES string of the molecule is CONC1c2cc(C(C)(C)CC(C)(C)C)ccc2OC1C. The van der Waals surface area contributed by atoms with E-state index in [1.807, 2.05) is 0 Å². The molecule has 21 heavy (non-hydrogen) atoms. The van der Waals surface area contributed by atoms with Crippen LogP contribution in [0.3, 0.4) is 0 Å². The number of ether oxygens (including phenoxy) is 1. The summed E-state index contributed by atoms with van der Waals surface area (Å²) in [4.78, 5) is 5.13. The molecule has 0 aromatic heterocycles. The van der Waals surface area contributed by atoms with E-state index in [4.69, 9.17) is 9.57 Å². The van der Waals surface area contributed by atoms with Crippen LogP contribution < -0.4 is 10.2 Å². The lowest BCUT2D eigenvalue weighted by Crippen LogP contribution is -2.28. The van der Waals surface area contributed by atoms with Crippen LogP contribution in [0.25, 0.3) is 0 Å². The summed E-state index contributed by atoms with van der Waals surface area (Å²) in [6.45, 7) is 13.6. The van der Waals surface area contributed by atoms with Crippen LogP contribution in [-0.2, 0) is 10.3 Å². The molecule has 1 aromatic rings. The average Bonchev–Trinajstić information content (AvgIpc) is 2.63. The van der Waals surface area contributed by atoms with Gasteiger partial charge in [0.15, 0.2) is 0 Å². The number of benzene rings is 1. The van der Waals surface area contributed by atoms with Gasteiger partial charge in [0.2, 0.25) is 0 Å². The fraction of sp³-hybridized carbons (Fsp3) is 0.667. The van der Waals surface area contributed by atoms with Gasteiger partial charge < -0.3 is 9.57 Å². The Kier molecular flexibility index (Phi) is 4.36. The van der Waals surface area contributed by atoms with Crippen LogP contribution in [0.2, 0.25) is 0 Å². The average molecular weight is 291 g/mol. The molecule has 2 rings (SSSR count). The number of nitrogens with one attached hydrogen (secondary N) is 1. The fourth-order valence-corrected chi connectivity index (χ4v) is 3.56. The lowest BCUT2D eigenvalue weighted by Gasteiger charge is -2.33. The van der Waals surface area contributed by atoms with Crippen molar-refractivity contribution in [3.8, 4) is 5.75 Å². The summed E-state index contributed by atoms with van der Waals surface area (Å²) in [5, 5.41) is 0. The fourth-order valence-electron chi connectivity index (χ4n) is 3.56. The minimum absolute atomic E-state index is 0.0842. The first-order valence-electron chi connectivity index (χ1n) is 7.74. The van der Waals surface area contributed by atoms with Gasteiger partial charge in [-0.15, -0.1) is 0 Å². The molecule has 2 unspecified atom stereocenters. The van der Waals surface area contributed by atoms with Crippen LogP contribution in [0.1, 0.15) is 65.1 Å². The van der Waals surface area contributed by atoms with Crippen LogP contribution >= 0.6 is 0 Å². The van der Waals surface area contributed by atoms with Gasteiger partial charge in [-0.05, 0) is 41.9 Å². The molecule has 2 atom stereocenters. The smallest absolute Gasteiger partial charge is 0.124 e. The van der Waals surface area contributed by atoms with E-state index in [-0.39, 0.29) is 17.6 Å². The van der Waals surface area contributed by atoms with E-state index in [1.165, 1.54) is 11.1 Å². The maximum absolute atomic E-state index is 5.90. The topological polar surface area (TPSA) is 30.5 Å². The van der Waals surface area contributed by atoms with Crippen LogP contribution in [0, 0.1) is 5.41 Å². The maximum Gasteiger partial charge on any atom is 0.124 e. The molecule has 0 saturated heterocycles. The van der Waals surface area contributed by atoms with Crippen LogP contribution in [-0.4, -0.2) is 13.2 Å². The number of rotatable bonds is 4. The third-order valence-electron chi connectivity index (χ3n) is 4.13. The van der Waals surface area contributed by atoms with Crippen molar-refractivity contribution in [1.29, 1.82) is 0 Å². The first-order valence-corrected chi connectivity index (χ1v) is 7.74. The normalized spacial score (nSPS) is 22.0. The van der Waals surface area contributed by atoms with Gasteiger partial charge in [-0.1, -0.05) is 40.7 Å². The highest BCUT2D eigenvalue weighted by atomic mass is 16.6. The second-order valence-electron chi connectivity index (χ2n) is 8.00. The third-order valence-corrected chi connectivity index (χ3v) is 4.13. The Hall–Kier alpha value is -1.06. The van der Waals surface area contributed by atoms with Gasteiger partial charge in [-0.2, -0.15) is 5.48 Å². The van der Waals surface area contributed by atoms with Crippen molar-refractivity contribution in [2.45, 2.75) is 65.5 Å². The zero-order valence-electron chi connectivity index (χ0n) is 14.4. The first kappa shape index (κ1) is 16.3. The second kappa shape index (κ2) is 5.62. The summed E-state index contributed by atoms with van der Waals surface area (Å²) < 4.78 is 5.90. The molecule has 3 heteroatoms. The lowest BCUT2D eigenvalue weighted by atomic mass is 9.72. The highest BCUT2D eigenvalue weighted by molar-refractivity contribution is 5.45. The largest absolute Gasteiger partial charge is 0.488 e. The molecule has 1 aliphatic rings. The molecule has 1 aliphatic heterocycles. The molecular formula is C18H29NO2. The first-order chi connectivity index (χ1) is 9.64. The number of hydrogen-bond acceptors (Lipinski definition) is 3. The molecule has 0 spiro atoms. The Balaban J connectivity index is 2.33. The monoisotopic (exact) mass is 291 g/mol. The highest BCUT2D eigenvalue weighted by Crippen LogP contribution is 2.42. The number of fused-ring (bicyclic) bond motifs is 1. The van der Waals surface area contributed by atoms with E-state index < -0.39 is 0 Å². The zero-order chi connectivity index (χ0) is 15.8.